The first kappa shape index (κ1) is 16.9. The summed E-state index contributed by atoms with van der Waals surface area (Å²) in [5.41, 5.74) is 0.205. The highest BCUT2D eigenvalue weighted by molar-refractivity contribution is 5.79. The predicted molar refractivity (Wildman–Crippen MR) is 81.2 cm³/mol. The Morgan fingerprint density at radius 3 is 2.55 bits per heavy atom. The zero-order valence-electron chi connectivity index (χ0n) is 13.3. The first-order valence-electron chi connectivity index (χ1n) is 7.50. The van der Waals surface area contributed by atoms with Gasteiger partial charge in [0, 0.05) is 20.1 Å². The zero-order valence-corrected chi connectivity index (χ0v) is 13.3. The van der Waals surface area contributed by atoms with E-state index in [0.29, 0.717) is 19.6 Å². The topological polar surface area (TPSA) is 65.0 Å². The molecule has 22 heavy (non-hydrogen) atoms. The molecule has 1 heterocycles. The van der Waals surface area contributed by atoms with Gasteiger partial charge in [-0.15, -0.1) is 0 Å². The van der Waals surface area contributed by atoms with Crippen LogP contribution in [0.3, 0.4) is 0 Å². The summed E-state index contributed by atoms with van der Waals surface area (Å²) in [6, 6.07) is 9.89. The molecule has 0 spiro atoms. The van der Waals surface area contributed by atoms with Crippen LogP contribution in [-0.4, -0.2) is 43.1 Å². The number of methoxy groups -OCH3 is 1. The Hall–Kier alpha value is -1.43. The van der Waals surface area contributed by atoms with E-state index in [2.05, 4.69) is 0 Å². The van der Waals surface area contributed by atoms with Gasteiger partial charge in [-0.2, -0.15) is 0 Å². The Bertz CT molecular complexity index is 485. The molecule has 1 aliphatic heterocycles. The average molecular weight is 308 g/mol. The number of esters is 1. The monoisotopic (exact) mass is 308 g/mol. The van der Waals surface area contributed by atoms with Crippen molar-refractivity contribution in [2.24, 2.45) is 5.41 Å². The third kappa shape index (κ3) is 3.66. The van der Waals surface area contributed by atoms with Crippen molar-refractivity contribution in [3.63, 3.8) is 0 Å². The minimum Gasteiger partial charge on any atom is -0.456 e. The number of hydrogen-bond acceptors (Lipinski definition) is 5. The molecule has 0 saturated carbocycles. The molecule has 0 bridgehead atoms. The largest absolute Gasteiger partial charge is 0.456 e. The summed E-state index contributed by atoms with van der Waals surface area (Å²) >= 11 is 0. The van der Waals surface area contributed by atoms with Crippen molar-refractivity contribution in [1.82, 2.24) is 0 Å². The van der Waals surface area contributed by atoms with E-state index in [0.717, 1.165) is 5.56 Å². The van der Waals surface area contributed by atoms with Crippen molar-refractivity contribution >= 4 is 5.97 Å². The first-order chi connectivity index (χ1) is 10.5. The molecular weight excluding hydrogens is 284 g/mol. The quantitative estimate of drug-likeness (QED) is 0.616. The van der Waals surface area contributed by atoms with Crippen LogP contribution in [0.2, 0.25) is 0 Å². The summed E-state index contributed by atoms with van der Waals surface area (Å²) in [7, 11) is 1.55. The van der Waals surface area contributed by atoms with Crippen LogP contribution in [0.4, 0.5) is 0 Å². The molecule has 122 valence electrons. The van der Waals surface area contributed by atoms with Crippen LogP contribution < -0.4 is 0 Å². The summed E-state index contributed by atoms with van der Waals surface area (Å²) in [4.78, 5) is 11.8. The van der Waals surface area contributed by atoms with Crippen molar-refractivity contribution in [2.45, 2.75) is 45.2 Å². The van der Waals surface area contributed by atoms with E-state index < -0.39 is 23.6 Å². The summed E-state index contributed by atoms with van der Waals surface area (Å²) in [6.07, 6.45) is -1.35. The van der Waals surface area contributed by atoms with E-state index in [1.165, 1.54) is 0 Å². The fraction of sp³-hybridized carbons (Fsp3) is 0.588. The van der Waals surface area contributed by atoms with Gasteiger partial charge >= 0.3 is 5.97 Å². The van der Waals surface area contributed by atoms with Gasteiger partial charge < -0.3 is 19.3 Å². The van der Waals surface area contributed by atoms with E-state index in [1.54, 1.807) is 21.0 Å². The van der Waals surface area contributed by atoms with Gasteiger partial charge in [-0.1, -0.05) is 30.3 Å². The van der Waals surface area contributed by atoms with Crippen molar-refractivity contribution in [1.29, 1.82) is 0 Å². The molecule has 0 radical (unpaired) electrons. The molecule has 1 N–H and O–H groups in total. The average Bonchev–Trinajstić information content (AvgIpc) is 2.72. The molecule has 5 heteroatoms. The van der Waals surface area contributed by atoms with E-state index >= 15 is 0 Å². The van der Waals surface area contributed by atoms with E-state index in [9.17, 15) is 9.90 Å². The second kappa shape index (κ2) is 7.22. The maximum Gasteiger partial charge on any atom is 0.314 e. The van der Waals surface area contributed by atoms with Gasteiger partial charge in [0.2, 0.25) is 0 Å². The number of cyclic esters (lactones) is 1. The second-order valence-corrected chi connectivity index (χ2v) is 6.14. The summed E-state index contributed by atoms with van der Waals surface area (Å²) < 4.78 is 16.3. The van der Waals surface area contributed by atoms with Crippen LogP contribution in [-0.2, 0) is 25.6 Å². The standard InChI is InChI=1S/C17H24O5/c1-17(2)15(18)14(22-16(17)19)13(20-3)9-10-21-11-12-7-5-4-6-8-12/h4-8,13-15,18H,9-11H2,1-3H3/t13-,14+,15-/m0/s1. The molecule has 2 rings (SSSR count). The number of ether oxygens (including phenoxy) is 3. The maximum atomic E-state index is 11.8. The molecule has 3 atom stereocenters. The van der Waals surface area contributed by atoms with Gasteiger partial charge in [0.15, 0.2) is 6.10 Å². The van der Waals surface area contributed by atoms with Gasteiger partial charge in [0.1, 0.15) is 6.10 Å². The summed E-state index contributed by atoms with van der Waals surface area (Å²) in [6.45, 7) is 4.35. The number of aliphatic hydroxyl groups excluding tert-OH is 1. The normalized spacial score (nSPS) is 25.0. The molecule has 1 saturated heterocycles. The Labute approximate surface area is 131 Å². The fourth-order valence-electron chi connectivity index (χ4n) is 2.53. The summed E-state index contributed by atoms with van der Waals surface area (Å²) in [5.74, 6) is -0.391. The lowest BCUT2D eigenvalue weighted by molar-refractivity contribution is -0.152. The fourth-order valence-corrected chi connectivity index (χ4v) is 2.53. The van der Waals surface area contributed by atoms with Crippen LogP contribution in [0.1, 0.15) is 25.8 Å². The van der Waals surface area contributed by atoms with Gasteiger partial charge in [-0.3, -0.25) is 4.79 Å². The van der Waals surface area contributed by atoms with Gasteiger partial charge in [-0.05, 0) is 19.4 Å². The first-order valence-corrected chi connectivity index (χ1v) is 7.50. The SMILES string of the molecule is CO[C@@H](CCOCc1ccccc1)[C@H]1OC(=O)C(C)(C)[C@H]1O. The Balaban J connectivity index is 1.82. The molecule has 5 nitrogen and oxygen atoms in total. The molecular formula is C17H24O5. The Morgan fingerprint density at radius 2 is 2.00 bits per heavy atom. The number of hydrogen-bond donors (Lipinski definition) is 1. The Kier molecular flexibility index (Phi) is 5.56. The second-order valence-electron chi connectivity index (χ2n) is 6.14. The highest BCUT2D eigenvalue weighted by Crippen LogP contribution is 2.36. The third-order valence-corrected chi connectivity index (χ3v) is 4.15. The van der Waals surface area contributed by atoms with Crippen LogP contribution >= 0.6 is 0 Å². The van der Waals surface area contributed by atoms with Crippen molar-refractivity contribution in [3.05, 3.63) is 35.9 Å². The lowest BCUT2D eigenvalue weighted by atomic mass is 9.85. The number of rotatable bonds is 7. The Morgan fingerprint density at radius 1 is 1.32 bits per heavy atom. The van der Waals surface area contributed by atoms with E-state index in [4.69, 9.17) is 14.2 Å². The minimum atomic E-state index is -0.896. The van der Waals surface area contributed by atoms with Crippen LogP contribution in [0, 0.1) is 5.41 Å². The van der Waals surface area contributed by atoms with Crippen molar-refractivity contribution < 1.29 is 24.1 Å². The zero-order chi connectivity index (χ0) is 16.2. The number of carbonyl (C=O) groups is 1. The number of benzene rings is 1. The smallest absolute Gasteiger partial charge is 0.314 e. The van der Waals surface area contributed by atoms with E-state index in [1.807, 2.05) is 30.3 Å². The predicted octanol–water partition coefficient (Wildman–Crippen LogP) is 1.92. The highest BCUT2D eigenvalue weighted by Gasteiger charge is 2.53. The number of carbonyl (C=O) groups excluding carboxylic acids is 1. The molecule has 1 aromatic rings. The lowest BCUT2D eigenvalue weighted by Crippen LogP contribution is -2.41. The molecule has 1 fully saturated rings. The molecule has 0 aliphatic carbocycles. The number of aliphatic hydroxyl groups is 1. The summed E-state index contributed by atoms with van der Waals surface area (Å²) in [5, 5.41) is 10.3. The van der Waals surface area contributed by atoms with Crippen molar-refractivity contribution in [3.8, 4) is 0 Å². The van der Waals surface area contributed by atoms with Gasteiger partial charge in [-0.25, -0.2) is 0 Å². The van der Waals surface area contributed by atoms with Crippen LogP contribution in [0.25, 0.3) is 0 Å². The van der Waals surface area contributed by atoms with Gasteiger partial charge in [0.05, 0.1) is 18.1 Å². The molecule has 0 aromatic heterocycles. The van der Waals surface area contributed by atoms with E-state index in [-0.39, 0.29) is 6.10 Å². The maximum absolute atomic E-state index is 11.8. The molecule has 1 aliphatic rings. The van der Waals surface area contributed by atoms with Crippen LogP contribution in [0.5, 0.6) is 0 Å². The highest BCUT2D eigenvalue weighted by atomic mass is 16.6. The third-order valence-electron chi connectivity index (χ3n) is 4.15. The minimum absolute atomic E-state index is 0.378. The molecule has 1 aromatic carbocycles. The molecule has 0 unspecified atom stereocenters. The molecule has 0 amide bonds. The van der Waals surface area contributed by atoms with Crippen molar-refractivity contribution in [2.75, 3.05) is 13.7 Å². The lowest BCUT2D eigenvalue weighted by Gasteiger charge is -2.25. The van der Waals surface area contributed by atoms with Crippen LogP contribution in [0.15, 0.2) is 30.3 Å². The van der Waals surface area contributed by atoms with Gasteiger partial charge in [0.25, 0.3) is 0 Å².